The fourth-order valence-corrected chi connectivity index (χ4v) is 6.10. The van der Waals surface area contributed by atoms with Crippen LogP contribution in [0.4, 0.5) is 11.4 Å². The SMILES string of the molecule is CCC(C)NC(=O)C(C)N(Cc1ccccc1Cl)C(=O)CN(c1cc(Cl)ccc1OC)S(=O)(=O)c1ccc(C)c([N+](=O)[O-])c1. The summed E-state index contributed by atoms with van der Waals surface area (Å²) in [6.07, 6.45) is 0.653. The van der Waals surface area contributed by atoms with Gasteiger partial charge < -0.3 is 15.0 Å². The molecule has 0 spiro atoms. The average Bonchev–Trinajstić information content (AvgIpc) is 2.98. The Balaban J connectivity index is 2.17. The van der Waals surface area contributed by atoms with Gasteiger partial charge in [-0.2, -0.15) is 0 Å². The van der Waals surface area contributed by atoms with Crippen LogP contribution in [-0.2, 0) is 26.2 Å². The largest absolute Gasteiger partial charge is 0.495 e. The van der Waals surface area contributed by atoms with Gasteiger partial charge in [-0.1, -0.05) is 54.4 Å². The third kappa shape index (κ3) is 7.99. The van der Waals surface area contributed by atoms with E-state index in [9.17, 15) is 28.1 Å². The first-order valence-electron chi connectivity index (χ1n) is 13.7. The molecule has 236 valence electrons. The first-order chi connectivity index (χ1) is 20.7. The number of nitrogens with one attached hydrogen (secondary N) is 1. The number of amides is 2. The Hall–Kier alpha value is -3.87. The maximum atomic E-state index is 14.2. The number of carbonyl (C=O) groups excluding carboxylic acids is 2. The van der Waals surface area contributed by atoms with Crippen LogP contribution in [0.2, 0.25) is 10.0 Å². The van der Waals surface area contributed by atoms with Gasteiger partial charge in [0.15, 0.2) is 0 Å². The molecule has 1 N–H and O–H groups in total. The second kappa shape index (κ2) is 14.7. The van der Waals surface area contributed by atoms with Crippen molar-refractivity contribution in [3.63, 3.8) is 0 Å². The molecule has 0 aromatic heterocycles. The molecule has 44 heavy (non-hydrogen) atoms. The lowest BCUT2D eigenvalue weighted by molar-refractivity contribution is -0.385. The third-order valence-electron chi connectivity index (χ3n) is 7.12. The van der Waals surface area contributed by atoms with Gasteiger partial charge in [-0.05, 0) is 63.1 Å². The van der Waals surface area contributed by atoms with Gasteiger partial charge in [-0.3, -0.25) is 24.0 Å². The molecule has 3 rings (SSSR count). The minimum atomic E-state index is -4.64. The van der Waals surface area contributed by atoms with Gasteiger partial charge in [-0.25, -0.2) is 8.42 Å². The number of aryl methyl sites for hydroxylation is 1. The van der Waals surface area contributed by atoms with E-state index >= 15 is 0 Å². The first-order valence-corrected chi connectivity index (χ1v) is 15.8. The molecule has 2 unspecified atom stereocenters. The Kier molecular flexibility index (Phi) is 11.6. The van der Waals surface area contributed by atoms with Gasteiger partial charge in [0, 0.05) is 34.3 Å². The topological polar surface area (TPSA) is 139 Å². The van der Waals surface area contributed by atoms with Crippen molar-refractivity contribution in [1.82, 2.24) is 10.2 Å². The van der Waals surface area contributed by atoms with Crippen molar-refractivity contribution in [2.24, 2.45) is 0 Å². The first kappa shape index (κ1) is 34.6. The van der Waals surface area contributed by atoms with E-state index in [4.69, 9.17) is 27.9 Å². The van der Waals surface area contributed by atoms with Gasteiger partial charge in [-0.15, -0.1) is 0 Å². The molecule has 0 saturated carbocycles. The Bertz CT molecular complexity index is 1650. The number of hydrogen-bond acceptors (Lipinski definition) is 7. The van der Waals surface area contributed by atoms with Crippen molar-refractivity contribution >= 4 is 56.4 Å². The number of nitrogens with zero attached hydrogens (tertiary/aromatic N) is 3. The van der Waals surface area contributed by atoms with Gasteiger partial charge >= 0.3 is 0 Å². The Morgan fingerprint density at radius 3 is 2.36 bits per heavy atom. The van der Waals surface area contributed by atoms with Crippen LogP contribution in [0.25, 0.3) is 0 Å². The Morgan fingerprint density at radius 1 is 1.07 bits per heavy atom. The van der Waals surface area contributed by atoms with Crippen LogP contribution in [0.1, 0.15) is 38.3 Å². The van der Waals surface area contributed by atoms with Crippen LogP contribution >= 0.6 is 23.2 Å². The zero-order valence-corrected chi connectivity index (χ0v) is 27.2. The summed E-state index contributed by atoms with van der Waals surface area (Å²) in [7, 11) is -3.32. The highest BCUT2D eigenvalue weighted by atomic mass is 35.5. The summed E-state index contributed by atoms with van der Waals surface area (Å²) in [6, 6.07) is 13.3. The van der Waals surface area contributed by atoms with Crippen molar-refractivity contribution < 1.29 is 27.7 Å². The second-order valence-electron chi connectivity index (χ2n) is 10.1. The molecule has 0 fully saturated rings. The second-order valence-corrected chi connectivity index (χ2v) is 12.8. The van der Waals surface area contributed by atoms with Gasteiger partial charge in [0.25, 0.3) is 15.7 Å². The summed E-state index contributed by atoms with van der Waals surface area (Å²) in [6.45, 7) is 5.84. The molecule has 3 aromatic rings. The van der Waals surface area contributed by atoms with Crippen LogP contribution in [0.15, 0.2) is 65.6 Å². The van der Waals surface area contributed by atoms with Crippen molar-refractivity contribution in [3.8, 4) is 5.75 Å². The number of sulfonamides is 1. The maximum Gasteiger partial charge on any atom is 0.273 e. The number of anilines is 1. The number of rotatable bonds is 13. The van der Waals surface area contributed by atoms with Crippen LogP contribution in [0.5, 0.6) is 5.75 Å². The number of nitro groups is 1. The summed E-state index contributed by atoms with van der Waals surface area (Å²) in [5.74, 6) is -1.11. The number of benzene rings is 3. The highest BCUT2D eigenvalue weighted by Gasteiger charge is 2.35. The van der Waals surface area contributed by atoms with Crippen molar-refractivity contribution in [2.75, 3.05) is 18.0 Å². The minimum absolute atomic E-state index is 0.0765. The molecule has 3 aromatic carbocycles. The Morgan fingerprint density at radius 2 is 1.75 bits per heavy atom. The summed E-state index contributed by atoms with van der Waals surface area (Å²) in [5.41, 5.74) is 0.302. The normalized spacial score (nSPS) is 12.6. The van der Waals surface area contributed by atoms with E-state index in [1.165, 1.54) is 56.2 Å². The Labute approximate surface area is 266 Å². The number of carbonyl (C=O) groups is 2. The average molecular weight is 666 g/mol. The van der Waals surface area contributed by atoms with E-state index in [1.807, 2.05) is 13.8 Å². The molecule has 0 radical (unpaired) electrons. The van der Waals surface area contributed by atoms with Crippen molar-refractivity contribution in [2.45, 2.75) is 57.6 Å². The molecular weight excluding hydrogens is 631 g/mol. The van der Waals surface area contributed by atoms with E-state index in [0.29, 0.717) is 17.0 Å². The number of ether oxygens (including phenoxy) is 1. The lowest BCUT2D eigenvalue weighted by Crippen LogP contribution is -2.52. The van der Waals surface area contributed by atoms with E-state index in [1.54, 1.807) is 24.3 Å². The van der Waals surface area contributed by atoms with Crippen LogP contribution in [0.3, 0.4) is 0 Å². The van der Waals surface area contributed by atoms with Gasteiger partial charge in [0.1, 0.15) is 18.3 Å². The molecule has 0 aliphatic carbocycles. The molecular formula is C30H34Cl2N4O7S. The van der Waals surface area contributed by atoms with E-state index < -0.39 is 49.9 Å². The predicted octanol–water partition coefficient (Wildman–Crippen LogP) is 5.75. The van der Waals surface area contributed by atoms with Crippen LogP contribution in [0, 0.1) is 17.0 Å². The molecule has 14 heteroatoms. The summed E-state index contributed by atoms with van der Waals surface area (Å²) >= 11 is 12.6. The fourth-order valence-electron chi connectivity index (χ4n) is 4.30. The van der Waals surface area contributed by atoms with Gasteiger partial charge in [0.2, 0.25) is 11.8 Å². The third-order valence-corrected chi connectivity index (χ3v) is 9.48. The molecule has 0 aliphatic rings. The standard InChI is InChI=1S/C30H34Cl2N4O7S/c1-6-20(3)33-30(38)21(4)34(17-22-9-7-8-10-25(22)32)29(37)18-35(27-15-23(31)12-14-28(27)43-5)44(41,42)24-13-11-19(2)26(16-24)36(39)40/h7-16,20-21H,6,17-18H2,1-5H3,(H,33,38). The highest BCUT2D eigenvalue weighted by molar-refractivity contribution is 7.92. The molecule has 0 heterocycles. The molecule has 11 nitrogen and oxygen atoms in total. The summed E-state index contributed by atoms with van der Waals surface area (Å²) < 4.78 is 34.6. The minimum Gasteiger partial charge on any atom is -0.495 e. The molecule has 0 saturated heterocycles. The van der Waals surface area contributed by atoms with Crippen LogP contribution in [-0.4, -0.2) is 55.8 Å². The quantitative estimate of drug-likeness (QED) is 0.181. The lowest BCUT2D eigenvalue weighted by Gasteiger charge is -2.33. The molecule has 0 aliphatic heterocycles. The van der Waals surface area contributed by atoms with E-state index in [2.05, 4.69) is 5.32 Å². The number of methoxy groups -OCH3 is 1. The number of hydrogen-bond donors (Lipinski definition) is 1. The van der Waals surface area contributed by atoms with Gasteiger partial charge in [0.05, 0.1) is 22.6 Å². The number of nitro benzene ring substituents is 1. The van der Waals surface area contributed by atoms with Crippen molar-refractivity contribution in [1.29, 1.82) is 0 Å². The maximum absolute atomic E-state index is 14.2. The summed E-state index contributed by atoms with van der Waals surface area (Å²) in [5, 5.41) is 15.0. The smallest absolute Gasteiger partial charge is 0.273 e. The molecule has 0 bridgehead atoms. The fraction of sp³-hybridized carbons (Fsp3) is 0.333. The molecule has 2 atom stereocenters. The monoisotopic (exact) mass is 664 g/mol. The lowest BCUT2D eigenvalue weighted by atomic mass is 10.1. The highest BCUT2D eigenvalue weighted by Crippen LogP contribution is 2.36. The van der Waals surface area contributed by atoms with Crippen LogP contribution < -0.4 is 14.4 Å². The van der Waals surface area contributed by atoms with Crippen molar-refractivity contribution in [3.05, 3.63) is 92.0 Å². The predicted molar refractivity (Wildman–Crippen MR) is 170 cm³/mol. The molecule has 2 amide bonds. The van der Waals surface area contributed by atoms with E-state index in [0.717, 1.165) is 10.4 Å². The number of halogens is 2. The zero-order chi connectivity index (χ0) is 32.8. The summed E-state index contributed by atoms with van der Waals surface area (Å²) in [4.78, 5) is 39.1. The van der Waals surface area contributed by atoms with E-state index in [-0.39, 0.29) is 34.6 Å². The zero-order valence-electron chi connectivity index (χ0n) is 24.9.